The number of hydrogen-bond donors (Lipinski definition) is 3. The minimum atomic E-state index is -0.898. The summed E-state index contributed by atoms with van der Waals surface area (Å²) in [7, 11) is 0. The normalized spacial score (nSPS) is 13.0. The van der Waals surface area contributed by atoms with Gasteiger partial charge in [0.05, 0.1) is 5.54 Å². The van der Waals surface area contributed by atoms with E-state index in [4.69, 9.17) is 11.5 Å². The van der Waals surface area contributed by atoms with Gasteiger partial charge in [0.25, 0.3) is 0 Å². The summed E-state index contributed by atoms with van der Waals surface area (Å²) < 4.78 is 0. The zero-order valence-corrected chi connectivity index (χ0v) is 12.8. The standard InChI is InChI=1S/C14H21N3O2.ClH/c1-4-7-14(3,16)13(19)17-10-5-6-11(12(15)18)9(2)8-10;/h5-6,8H,4,7,16H2,1-3H3,(H2,15,18)(H,17,19);1H. The topological polar surface area (TPSA) is 98.2 Å². The molecule has 5 nitrogen and oxygen atoms in total. The summed E-state index contributed by atoms with van der Waals surface area (Å²) in [5.74, 6) is -0.717. The molecule has 0 saturated heterocycles. The van der Waals surface area contributed by atoms with Gasteiger partial charge in [0.1, 0.15) is 0 Å². The van der Waals surface area contributed by atoms with Crippen LogP contribution in [0.2, 0.25) is 0 Å². The highest BCUT2D eigenvalue weighted by atomic mass is 35.5. The molecule has 0 heterocycles. The number of benzene rings is 1. The van der Waals surface area contributed by atoms with E-state index in [0.29, 0.717) is 17.7 Å². The Kier molecular flexibility index (Phi) is 6.68. The van der Waals surface area contributed by atoms with Gasteiger partial charge in [-0.25, -0.2) is 0 Å². The average molecular weight is 300 g/mol. The zero-order valence-electron chi connectivity index (χ0n) is 12.0. The number of nitrogens with one attached hydrogen (secondary N) is 1. The van der Waals surface area contributed by atoms with Crippen LogP contribution in [-0.4, -0.2) is 17.4 Å². The summed E-state index contributed by atoms with van der Waals surface area (Å²) in [6.07, 6.45) is 1.44. The van der Waals surface area contributed by atoms with Crippen molar-refractivity contribution in [3.8, 4) is 0 Å². The van der Waals surface area contributed by atoms with Crippen LogP contribution in [-0.2, 0) is 4.79 Å². The lowest BCUT2D eigenvalue weighted by atomic mass is 9.96. The number of carbonyl (C=O) groups is 2. The molecule has 0 radical (unpaired) electrons. The van der Waals surface area contributed by atoms with Gasteiger partial charge in [-0.05, 0) is 44.0 Å². The smallest absolute Gasteiger partial charge is 0.248 e. The van der Waals surface area contributed by atoms with E-state index in [-0.39, 0.29) is 18.3 Å². The second-order valence-electron chi connectivity index (χ2n) is 5.02. The molecule has 5 N–H and O–H groups in total. The van der Waals surface area contributed by atoms with Crippen molar-refractivity contribution in [1.29, 1.82) is 0 Å². The molecule has 6 heteroatoms. The maximum atomic E-state index is 12.0. The Balaban J connectivity index is 0.00000361. The number of rotatable bonds is 5. The van der Waals surface area contributed by atoms with E-state index in [1.807, 2.05) is 6.92 Å². The maximum Gasteiger partial charge on any atom is 0.248 e. The highest BCUT2D eigenvalue weighted by Crippen LogP contribution is 2.17. The van der Waals surface area contributed by atoms with Crippen LogP contribution in [0, 0.1) is 6.92 Å². The van der Waals surface area contributed by atoms with Crippen molar-refractivity contribution >= 4 is 29.9 Å². The van der Waals surface area contributed by atoms with Gasteiger partial charge in [0.15, 0.2) is 0 Å². The summed E-state index contributed by atoms with van der Waals surface area (Å²) >= 11 is 0. The van der Waals surface area contributed by atoms with Gasteiger partial charge in [0.2, 0.25) is 11.8 Å². The molecule has 0 aliphatic heterocycles. The fraction of sp³-hybridized carbons (Fsp3) is 0.429. The summed E-state index contributed by atoms with van der Waals surface area (Å²) in [5.41, 5.74) is 12.1. The van der Waals surface area contributed by atoms with Crippen LogP contribution in [0.4, 0.5) is 5.69 Å². The van der Waals surface area contributed by atoms with E-state index in [1.54, 1.807) is 32.0 Å². The SMILES string of the molecule is CCCC(C)(N)C(=O)Nc1ccc(C(N)=O)c(C)c1.Cl. The number of primary amides is 1. The molecule has 0 fully saturated rings. The summed E-state index contributed by atoms with van der Waals surface area (Å²) in [6.45, 7) is 5.45. The van der Waals surface area contributed by atoms with E-state index < -0.39 is 11.4 Å². The number of amides is 2. The summed E-state index contributed by atoms with van der Waals surface area (Å²) in [5, 5.41) is 2.76. The Morgan fingerprint density at radius 2 is 1.95 bits per heavy atom. The molecule has 112 valence electrons. The van der Waals surface area contributed by atoms with E-state index in [2.05, 4.69) is 5.32 Å². The zero-order chi connectivity index (χ0) is 14.6. The molecule has 0 aliphatic rings. The van der Waals surface area contributed by atoms with Crippen LogP contribution in [0.5, 0.6) is 0 Å². The largest absolute Gasteiger partial charge is 0.366 e. The third kappa shape index (κ3) is 4.51. The van der Waals surface area contributed by atoms with E-state index in [1.165, 1.54) is 0 Å². The van der Waals surface area contributed by atoms with Crippen molar-refractivity contribution in [3.05, 3.63) is 29.3 Å². The first-order valence-corrected chi connectivity index (χ1v) is 6.28. The Bertz CT molecular complexity index is 501. The number of hydrogen-bond acceptors (Lipinski definition) is 3. The predicted octanol–water partition coefficient (Wildman–Crippen LogP) is 1.97. The second kappa shape index (κ2) is 7.26. The summed E-state index contributed by atoms with van der Waals surface area (Å²) in [6, 6.07) is 4.95. The van der Waals surface area contributed by atoms with Crippen LogP contribution >= 0.6 is 12.4 Å². The van der Waals surface area contributed by atoms with Gasteiger partial charge in [0, 0.05) is 11.3 Å². The lowest BCUT2D eigenvalue weighted by Crippen LogP contribution is -2.48. The molecule has 1 aromatic carbocycles. The van der Waals surface area contributed by atoms with Crippen molar-refractivity contribution in [2.75, 3.05) is 5.32 Å². The molecule has 0 bridgehead atoms. The fourth-order valence-electron chi connectivity index (χ4n) is 1.92. The van der Waals surface area contributed by atoms with Crippen molar-refractivity contribution in [2.45, 2.75) is 39.2 Å². The van der Waals surface area contributed by atoms with E-state index >= 15 is 0 Å². The average Bonchev–Trinajstić information content (AvgIpc) is 2.28. The monoisotopic (exact) mass is 299 g/mol. The molecule has 1 atom stereocenters. The molecular formula is C14H22ClN3O2. The molecule has 1 rings (SSSR count). The van der Waals surface area contributed by atoms with Crippen LogP contribution in [0.3, 0.4) is 0 Å². The third-order valence-electron chi connectivity index (χ3n) is 3.04. The van der Waals surface area contributed by atoms with Gasteiger partial charge in [-0.3, -0.25) is 9.59 Å². The molecular weight excluding hydrogens is 278 g/mol. The Hall–Kier alpha value is -1.59. The van der Waals surface area contributed by atoms with Gasteiger partial charge in [-0.2, -0.15) is 0 Å². The molecule has 0 aliphatic carbocycles. The minimum absolute atomic E-state index is 0. The summed E-state index contributed by atoms with van der Waals surface area (Å²) in [4.78, 5) is 23.1. The fourth-order valence-corrected chi connectivity index (χ4v) is 1.92. The molecule has 0 spiro atoms. The Morgan fingerprint density at radius 3 is 2.40 bits per heavy atom. The minimum Gasteiger partial charge on any atom is -0.366 e. The molecule has 20 heavy (non-hydrogen) atoms. The van der Waals surface area contributed by atoms with Crippen LogP contribution in [0.1, 0.15) is 42.6 Å². The van der Waals surface area contributed by atoms with E-state index in [9.17, 15) is 9.59 Å². The van der Waals surface area contributed by atoms with Crippen LogP contribution in [0.25, 0.3) is 0 Å². The van der Waals surface area contributed by atoms with Crippen LogP contribution in [0.15, 0.2) is 18.2 Å². The molecule has 0 aromatic heterocycles. The van der Waals surface area contributed by atoms with Crippen molar-refractivity contribution in [1.82, 2.24) is 0 Å². The maximum absolute atomic E-state index is 12.0. The molecule has 2 amide bonds. The third-order valence-corrected chi connectivity index (χ3v) is 3.04. The van der Waals surface area contributed by atoms with E-state index in [0.717, 1.165) is 12.0 Å². The molecule has 1 aromatic rings. The first-order chi connectivity index (χ1) is 8.77. The first kappa shape index (κ1) is 18.4. The highest BCUT2D eigenvalue weighted by molar-refractivity contribution is 5.99. The van der Waals surface area contributed by atoms with Crippen molar-refractivity contribution in [2.24, 2.45) is 11.5 Å². The van der Waals surface area contributed by atoms with Gasteiger partial charge >= 0.3 is 0 Å². The Labute approximate surface area is 125 Å². The second-order valence-corrected chi connectivity index (χ2v) is 5.02. The Morgan fingerprint density at radius 1 is 1.35 bits per heavy atom. The van der Waals surface area contributed by atoms with Gasteiger partial charge in [-0.15, -0.1) is 12.4 Å². The van der Waals surface area contributed by atoms with Crippen molar-refractivity contribution < 1.29 is 9.59 Å². The number of nitrogens with two attached hydrogens (primary N) is 2. The molecule has 0 saturated carbocycles. The first-order valence-electron chi connectivity index (χ1n) is 6.28. The lowest BCUT2D eigenvalue weighted by molar-refractivity contribution is -0.120. The lowest BCUT2D eigenvalue weighted by Gasteiger charge is -2.23. The van der Waals surface area contributed by atoms with Crippen molar-refractivity contribution in [3.63, 3.8) is 0 Å². The highest BCUT2D eigenvalue weighted by Gasteiger charge is 2.27. The van der Waals surface area contributed by atoms with Gasteiger partial charge < -0.3 is 16.8 Å². The quantitative estimate of drug-likeness (QED) is 0.775. The molecule has 1 unspecified atom stereocenters. The number of aryl methyl sites for hydroxylation is 1. The predicted molar refractivity (Wildman–Crippen MR) is 83.1 cm³/mol. The number of halogens is 1. The number of carbonyl (C=O) groups excluding carboxylic acids is 2. The van der Waals surface area contributed by atoms with Gasteiger partial charge in [-0.1, -0.05) is 13.3 Å². The van der Waals surface area contributed by atoms with Crippen LogP contribution < -0.4 is 16.8 Å². The number of anilines is 1.